The molecule has 0 aliphatic carbocycles. The predicted octanol–water partition coefficient (Wildman–Crippen LogP) is 0.0721. The highest BCUT2D eigenvalue weighted by atomic mass is 16.7. The number of anilines is 2. The van der Waals surface area contributed by atoms with Crippen molar-refractivity contribution in [2.75, 3.05) is 24.4 Å². The number of amides is 2. The lowest BCUT2D eigenvalue weighted by atomic mass is 10.1. The van der Waals surface area contributed by atoms with Gasteiger partial charge < -0.3 is 25.8 Å². The first-order valence-electron chi connectivity index (χ1n) is 5.90. The first-order chi connectivity index (χ1) is 9.13. The molecule has 0 aromatic heterocycles. The lowest BCUT2D eigenvalue weighted by Gasteiger charge is -2.12. The van der Waals surface area contributed by atoms with E-state index in [0.717, 1.165) is 0 Å². The second kappa shape index (κ2) is 4.34. The van der Waals surface area contributed by atoms with Crippen LogP contribution in [-0.4, -0.2) is 25.2 Å². The Hall–Kier alpha value is -2.44. The Morgan fingerprint density at radius 2 is 2.11 bits per heavy atom. The molecule has 100 valence electrons. The van der Waals surface area contributed by atoms with Crippen molar-refractivity contribution < 1.29 is 19.1 Å². The summed E-state index contributed by atoms with van der Waals surface area (Å²) in [6, 6.07) is 3.23. The monoisotopic (exact) mass is 263 g/mol. The molecule has 2 aliphatic rings. The van der Waals surface area contributed by atoms with E-state index in [9.17, 15) is 9.59 Å². The topological polar surface area (TPSA) is 103 Å². The highest BCUT2D eigenvalue weighted by Crippen LogP contribution is 2.38. The molecule has 0 bridgehead atoms. The zero-order chi connectivity index (χ0) is 13.4. The molecule has 4 N–H and O–H groups in total. The van der Waals surface area contributed by atoms with Gasteiger partial charge in [0.25, 0.3) is 0 Å². The first kappa shape index (κ1) is 11.6. The van der Waals surface area contributed by atoms with Gasteiger partial charge in [0, 0.05) is 25.1 Å². The molecule has 1 atom stereocenters. The minimum Gasteiger partial charge on any atom is -0.454 e. The maximum absolute atomic E-state index is 12.0. The second-order valence-electron chi connectivity index (χ2n) is 4.49. The Morgan fingerprint density at radius 3 is 2.79 bits per heavy atom. The highest BCUT2D eigenvalue weighted by molar-refractivity contribution is 5.99. The molecular weight excluding hydrogens is 250 g/mol. The minimum atomic E-state index is -0.364. The van der Waals surface area contributed by atoms with Crippen LogP contribution in [0.3, 0.4) is 0 Å². The van der Waals surface area contributed by atoms with Crippen LogP contribution in [0.25, 0.3) is 0 Å². The van der Waals surface area contributed by atoms with Crippen LogP contribution in [0.2, 0.25) is 0 Å². The number of carbonyl (C=O) groups excluding carboxylic acids is 2. The Morgan fingerprint density at radius 1 is 1.37 bits per heavy atom. The number of fused-ring (bicyclic) bond motifs is 1. The van der Waals surface area contributed by atoms with Gasteiger partial charge in [0.05, 0.1) is 17.3 Å². The van der Waals surface area contributed by atoms with Crippen LogP contribution in [0.4, 0.5) is 11.4 Å². The summed E-state index contributed by atoms with van der Waals surface area (Å²) in [5, 5.41) is 5.33. The average molecular weight is 263 g/mol. The number of carbonyl (C=O) groups is 2. The smallest absolute Gasteiger partial charge is 0.231 e. The number of hydrogen-bond acceptors (Lipinski definition) is 5. The van der Waals surface area contributed by atoms with E-state index in [1.165, 1.54) is 0 Å². The lowest BCUT2D eigenvalue weighted by Crippen LogP contribution is -2.25. The number of nitrogens with one attached hydrogen (secondary N) is 2. The molecule has 7 heteroatoms. The summed E-state index contributed by atoms with van der Waals surface area (Å²) >= 11 is 0. The Bertz CT molecular complexity index is 558. The predicted molar refractivity (Wildman–Crippen MR) is 66.7 cm³/mol. The third-order valence-electron chi connectivity index (χ3n) is 3.15. The maximum atomic E-state index is 12.0. The summed E-state index contributed by atoms with van der Waals surface area (Å²) in [6.45, 7) is 0.502. The van der Waals surface area contributed by atoms with Gasteiger partial charge in [0.2, 0.25) is 18.6 Å². The van der Waals surface area contributed by atoms with Gasteiger partial charge in [-0.2, -0.15) is 0 Å². The number of nitrogen functional groups attached to an aromatic ring is 1. The van der Waals surface area contributed by atoms with Crippen molar-refractivity contribution in [3.05, 3.63) is 12.1 Å². The van der Waals surface area contributed by atoms with E-state index in [1.54, 1.807) is 12.1 Å². The SMILES string of the molecule is Nc1cc2c(cc1NC(=O)C1CNC(=O)C1)OCO2. The molecule has 0 spiro atoms. The number of ether oxygens (including phenoxy) is 2. The van der Waals surface area contributed by atoms with Crippen molar-refractivity contribution in [3.8, 4) is 11.5 Å². The van der Waals surface area contributed by atoms with Crippen molar-refractivity contribution in [1.82, 2.24) is 5.32 Å². The maximum Gasteiger partial charge on any atom is 0.231 e. The average Bonchev–Trinajstić information content (AvgIpc) is 2.98. The van der Waals surface area contributed by atoms with Gasteiger partial charge in [-0.15, -0.1) is 0 Å². The minimum absolute atomic E-state index is 0.112. The van der Waals surface area contributed by atoms with Crippen LogP contribution >= 0.6 is 0 Å². The molecule has 1 fully saturated rings. The molecule has 1 saturated heterocycles. The quantitative estimate of drug-likeness (QED) is 0.655. The van der Waals surface area contributed by atoms with Crippen molar-refractivity contribution in [2.45, 2.75) is 6.42 Å². The van der Waals surface area contributed by atoms with Gasteiger partial charge in [0.15, 0.2) is 11.5 Å². The zero-order valence-corrected chi connectivity index (χ0v) is 10.1. The van der Waals surface area contributed by atoms with Crippen molar-refractivity contribution >= 4 is 23.2 Å². The fraction of sp³-hybridized carbons (Fsp3) is 0.333. The molecule has 2 heterocycles. The van der Waals surface area contributed by atoms with E-state index in [0.29, 0.717) is 29.4 Å². The van der Waals surface area contributed by atoms with E-state index in [1.807, 2.05) is 0 Å². The van der Waals surface area contributed by atoms with Gasteiger partial charge in [0.1, 0.15) is 0 Å². The Balaban J connectivity index is 1.76. The van der Waals surface area contributed by atoms with Gasteiger partial charge in [-0.05, 0) is 0 Å². The zero-order valence-electron chi connectivity index (χ0n) is 10.1. The van der Waals surface area contributed by atoms with Crippen molar-refractivity contribution in [2.24, 2.45) is 5.92 Å². The first-order valence-corrected chi connectivity index (χ1v) is 5.90. The van der Waals surface area contributed by atoms with Crippen molar-refractivity contribution in [3.63, 3.8) is 0 Å². The lowest BCUT2D eigenvalue weighted by molar-refractivity contribution is -0.123. The fourth-order valence-corrected chi connectivity index (χ4v) is 2.09. The van der Waals surface area contributed by atoms with Crippen molar-refractivity contribution in [1.29, 1.82) is 0 Å². The van der Waals surface area contributed by atoms with Gasteiger partial charge in [-0.3, -0.25) is 9.59 Å². The van der Waals surface area contributed by atoms with Crippen LogP contribution in [0.5, 0.6) is 11.5 Å². The molecular formula is C12H13N3O4. The van der Waals surface area contributed by atoms with E-state index in [4.69, 9.17) is 15.2 Å². The molecule has 2 aliphatic heterocycles. The molecule has 1 unspecified atom stereocenters. The molecule has 1 aromatic rings. The summed E-state index contributed by atoms with van der Waals surface area (Å²) in [5.74, 6) is 0.401. The Labute approximate surface area is 109 Å². The highest BCUT2D eigenvalue weighted by Gasteiger charge is 2.28. The molecule has 2 amide bonds. The van der Waals surface area contributed by atoms with E-state index >= 15 is 0 Å². The van der Waals surface area contributed by atoms with Gasteiger partial charge >= 0.3 is 0 Å². The number of rotatable bonds is 2. The van der Waals surface area contributed by atoms with Crippen LogP contribution < -0.4 is 25.8 Å². The van der Waals surface area contributed by atoms with Crippen LogP contribution in [0, 0.1) is 5.92 Å². The number of benzene rings is 1. The third kappa shape index (κ3) is 2.14. The summed E-state index contributed by atoms with van der Waals surface area (Å²) < 4.78 is 10.4. The largest absolute Gasteiger partial charge is 0.454 e. The standard InChI is InChI=1S/C12H13N3O4/c13-7-2-9-10(19-5-18-9)3-8(7)15-12(17)6-1-11(16)14-4-6/h2-3,6H,1,4-5,13H2,(H,14,16)(H,15,17). The molecule has 19 heavy (non-hydrogen) atoms. The van der Waals surface area contributed by atoms with Crippen LogP contribution in [-0.2, 0) is 9.59 Å². The molecule has 7 nitrogen and oxygen atoms in total. The summed E-state index contributed by atoms with van der Waals surface area (Å²) in [7, 11) is 0. The third-order valence-corrected chi connectivity index (χ3v) is 3.15. The number of nitrogens with two attached hydrogens (primary N) is 1. The van der Waals surface area contributed by atoms with E-state index < -0.39 is 0 Å². The van der Waals surface area contributed by atoms with Gasteiger partial charge in [-0.1, -0.05) is 0 Å². The van der Waals surface area contributed by atoms with E-state index in [2.05, 4.69) is 10.6 Å². The molecule has 0 radical (unpaired) electrons. The summed E-state index contributed by atoms with van der Waals surface area (Å²) in [6.07, 6.45) is 0.205. The fourth-order valence-electron chi connectivity index (χ4n) is 2.09. The molecule has 1 aromatic carbocycles. The summed E-state index contributed by atoms with van der Waals surface area (Å²) in [5.41, 5.74) is 6.70. The summed E-state index contributed by atoms with van der Waals surface area (Å²) in [4.78, 5) is 23.1. The van der Waals surface area contributed by atoms with Crippen LogP contribution in [0.15, 0.2) is 12.1 Å². The normalized spacial score (nSPS) is 20.2. The Kier molecular flexibility index (Phi) is 2.66. The molecule has 3 rings (SSSR count). The van der Waals surface area contributed by atoms with E-state index in [-0.39, 0.29) is 30.9 Å². The van der Waals surface area contributed by atoms with Gasteiger partial charge in [-0.25, -0.2) is 0 Å². The van der Waals surface area contributed by atoms with Crippen LogP contribution in [0.1, 0.15) is 6.42 Å². The molecule has 0 saturated carbocycles. The second-order valence-corrected chi connectivity index (χ2v) is 4.49. The number of hydrogen-bond donors (Lipinski definition) is 3.